The molecule has 0 saturated heterocycles. The summed E-state index contributed by atoms with van der Waals surface area (Å²) >= 11 is 0. The number of rotatable bonds is 6. The Balaban J connectivity index is 0.00000312. The molecule has 0 atom stereocenters. The van der Waals surface area contributed by atoms with E-state index < -0.39 is 9.84 Å². The average molecular weight is 383 g/mol. The summed E-state index contributed by atoms with van der Waals surface area (Å²) in [5, 5.41) is 6.11. The minimum Gasteiger partial charge on any atom is -0.322 e. The number of halogens is 1. The second-order valence-corrected chi connectivity index (χ2v) is 7.66. The van der Waals surface area contributed by atoms with Gasteiger partial charge in [-0.3, -0.25) is 4.79 Å². The lowest BCUT2D eigenvalue weighted by Gasteiger charge is -2.13. The summed E-state index contributed by atoms with van der Waals surface area (Å²) in [6, 6.07) is 12.1. The Kier molecular flexibility index (Phi) is 7.60. The van der Waals surface area contributed by atoms with Crippen LogP contribution in [0, 0.1) is 6.92 Å². The largest absolute Gasteiger partial charge is 0.322 e. The Morgan fingerprint density at radius 1 is 1.12 bits per heavy atom. The molecule has 2 N–H and O–H groups in total. The molecular weight excluding hydrogens is 360 g/mol. The Morgan fingerprint density at radius 2 is 1.80 bits per heavy atom. The molecule has 0 aliphatic carbocycles. The number of aryl methyl sites for hydroxylation is 1. The zero-order chi connectivity index (χ0) is 17.7. The van der Waals surface area contributed by atoms with Crippen molar-refractivity contribution in [2.24, 2.45) is 0 Å². The van der Waals surface area contributed by atoms with Crippen LogP contribution in [0.4, 0.5) is 5.69 Å². The number of amides is 1. The monoisotopic (exact) mass is 382 g/mol. The third kappa shape index (κ3) is 5.56. The van der Waals surface area contributed by atoms with Gasteiger partial charge in [0.1, 0.15) is 0 Å². The number of sulfone groups is 1. The van der Waals surface area contributed by atoms with E-state index in [1.54, 1.807) is 13.0 Å². The molecular formula is C18H23ClN2O3S. The van der Waals surface area contributed by atoms with Crippen LogP contribution in [0.3, 0.4) is 0 Å². The van der Waals surface area contributed by atoms with Gasteiger partial charge in [-0.25, -0.2) is 8.42 Å². The molecule has 2 aromatic rings. The molecule has 25 heavy (non-hydrogen) atoms. The normalized spacial score (nSPS) is 10.8. The number of nitrogens with one attached hydrogen (secondary N) is 2. The Bertz CT molecular complexity index is 851. The van der Waals surface area contributed by atoms with Crippen LogP contribution in [0.25, 0.3) is 0 Å². The molecule has 0 radical (unpaired) electrons. The molecule has 5 nitrogen and oxygen atoms in total. The summed E-state index contributed by atoms with van der Waals surface area (Å²) in [5.41, 5.74) is 2.78. The minimum absolute atomic E-state index is 0. The molecule has 7 heteroatoms. The summed E-state index contributed by atoms with van der Waals surface area (Å²) in [6.07, 6.45) is 1.13. The highest BCUT2D eigenvalue weighted by atomic mass is 35.5. The third-order valence-electron chi connectivity index (χ3n) is 3.71. The number of hydrogen-bond donors (Lipinski definition) is 2. The number of benzene rings is 2. The molecule has 0 aliphatic rings. The van der Waals surface area contributed by atoms with Gasteiger partial charge in [0.25, 0.3) is 5.91 Å². The summed E-state index contributed by atoms with van der Waals surface area (Å²) < 4.78 is 23.4. The first-order valence-electron chi connectivity index (χ1n) is 7.73. The fourth-order valence-electron chi connectivity index (χ4n) is 2.32. The quantitative estimate of drug-likeness (QED) is 0.804. The smallest absolute Gasteiger partial charge is 0.255 e. The fourth-order valence-corrected chi connectivity index (χ4v) is 2.97. The number of hydrogen-bond acceptors (Lipinski definition) is 4. The molecule has 0 saturated carbocycles. The van der Waals surface area contributed by atoms with E-state index in [1.807, 2.05) is 31.2 Å². The van der Waals surface area contributed by atoms with Gasteiger partial charge in [0.05, 0.1) is 4.90 Å². The zero-order valence-corrected chi connectivity index (χ0v) is 16.1. The lowest BCUT2D eigenvalue weighted by atomic mass is 10.1. The third-order valence-corrected chi connectivity index (χ3v) is 4.82. The second kappa shape index (κ2) is 8.99. The topological polar surface area (TPSA) is 75.3 Å². The van der Waals surface area contributed by atoms with E-state index in [1.165, 1.54) is 12.1 Å². The molecule has 0 aliphatic heterocycles. The van der Waals surface area contributed by atoms with E-state index in [2.05, 4.69) is 10.6 Å². The Morgan fingerprint density at radius 3 is 2.44 bits per heavy atom. The van der Waals surface area contributed by atoms with Crippen molar-refractivity contribution in [3.05, 3.63) is 59.2 Å². The van der Waals surface area contributed by atoms with Crippen LogP contribution in [-0.4, -0.2) is 27.1 Å². The molecule has 0 unspecified atom stereocenters. The molecule has 0 heterocycles. The van der Waals surface area contributed by atoms with Crippen molar-refractivity contribution in [1.82, 2.24) is 5.32 Å². The molecule has 2 aromatic carbocycles. The fraction of sp³-hybridized carbons (Fsp3) is 0.278. The van der Waals surface area contributed by atoms with Crippen molar-refractivity contribution in [2.45, 2.75) is 25.3 Å². The van der Waals surface area contributed by atoms with Crippen molar-refractivity contribution in [2.75, 3.05) is 18.1 Å². The Labute approximate surface area is 155 Å². The van der Waals surface area contributed by atoms with Crippen molar-refractivity contribution < 1.29 is 13.2 Å². The summed E-state index contributed by atoms with van der Waals surface area (Å²) in [5.74, 6) is -0.318. The SMILES string of the molecule is CCNCc1ccccc1NC(=O)c1cc(S(C)(=O)=O)ccc1C.Cl. The number of anilines is 1. The zero-order valence-electron chi connectivity index (χ0n) is 14.5. The van der Waals surface area contributed by atoms with Crippen LogP contribution in [0.15, 0.2) is 47.4 Å². The highest BCUT2D eigenvalue weighted by Crippen LogP contribution is 2.20. The van der Waals surface area contributed by atoms with Crippen LogP contribution in [0.2, 0.25) is 0 Å². The number of carbonyl (C=O) groups is 1. The van der Waals surface area contributed by atoms with Crippen LogP contribution < -0.4 is 10.6 Å². The van der Waals surface area contributed by atoms with Gasteiger partial charge >= 0.3 is 0 Å². The maximum absolute atomic E-state index is 12.6. The Hall–Kier alpha value is -1.89. The lowest BCUT2D eigenvalue weighted by molar-refractivity contribution is 0.102. The maximum atomic E-state index is 12.6. The maximum Gasteiger partial charge on any atom is 0.255 e. The minimum atomic E-state index is -3.36. The molecule has 136 valence electrons. The molecule has 0 bridgehead atoms. The highest BCUT2D eigenvalue weighted by Gasteiger charge is 2.15. The lowest BCUT2D eigenvalue weighted by Crippen LogP contribution is -2.18. The predicted octanol–water partition coefficient (Wildman–Crippen LogP) is 3.18. The molecule has 2 rings (SSSR count). The second-order valence-electron chi connectivity index (χ2n) is 5.64. The van der Waals surface area contributed by atoms with E-state index >= 15 is 0 Å². The van der Waals surface area contributed by atoms with Crippen LogP contribution >= 0.6 is 12.4 Å². The standard InChI is InChI=1S/C18H22N2O3S.ClH/c1-4-19-12-14-7-5-6-8-17(14)20-18(21)16-11-15(24(3,22)23)10-9-13(16)2;/h5-11,19H,4,12H2,1-3H3,(H,20,21);1H. The summed E-state index contributed by atoms with van der Waals surface area (Å²) in [4.78, 5) is 12.8. The van der Waals surface area contributed by atoms with Crippen molar-refractivity contribution >= 4 is 33.8 Å². The number of carbonyl (C=O) groups excluding carboxylic acids is 1. The molecule has 0 spiro atoms. The van der Waals surface area contributed by atoms with Crippen LogP contribution in [0.1, 0.15) is 28.4 Å². The van der Waals surface area contributed by atoms with Crippen LogP contribution in [0.5, 0.6) is 0 Å². The van der Waals surface area contributed by atoms with E-state index in [0.717, 1.165) is 23.9 Å². The molecule has 1 amide bonds. The van der Waals surface area contributed by atoms with Gasteiger partial charge < -0.3 is 10.6 Å². The first-order valence-corrected chi connectivity index (χ1v) is 9.62. The van der Waals surface area contributed by atoms with Crippen molar-refractivity contribution in [3.8, 4) is 0 Å². The van der Waals surface area contributed by atoms with Gasteiger partial charge in [-0.05, 0) is 42.8 Å². The average Bonchev–Trinajstić information content (AvgIpc) is 2.53. The van der Waals surface area contributed by atoms with Gasteiger partial charge in [-0.1, -0.05) is 31.2 Å². The molecule has 0 aromatic heterocycles. The van der Waals surface area contributed by atoms with Crippen LogP contribution in [-0.2, 0) is 16.4 Å². The van der Waals surface area contributed by atoms with Gasteiger partial charge in [-0.15, -0.1) is 12.4 Å². The van der Waals surface area contributed by atoms with Gasteiger partial charge in [0, 0.05) is 24.1 Å². The highest BCUT2D eigenvalue weighted by molar-refractivity contribution is 7.90. The predicted molar refractivity (Wildman–Crippen MR) is 103 cm³/mol. The van der Waals surface area contributed by atoms with Gasteiger partial charge in [0.2, 0.25) is 0 Å². The van der Waals surface area contributed by atoms with Gasteiger partial charge in [-0.2, -0.15) is 0 Å². The van der Waals surface area contributed by atoms with E-state index in [-0.39, 0.29) is 23.2 Å². The van der Waals surface area contributed by atoms with Crippen molar-refractivity contribution in [3.63, 3.8) is 0 Å². The van der Waals surface area contributed by atoms with Gasteiger partial charge in [0.15, 0.2) is 9.84 Å². The van der Waals surface area contributed by atoms with E-state index in [4.69, 9.17) is 0 Å². The first kappa shape index (κ1) is 21.2. The summed E-state index contributed by atoms with van der Waals surface area (Å²) in [7, 11) is -3.36. The number of para-hydroxylation sites is 1. The first-order chi connectivity index (χ1) is 11.3. The van der Waals surface area contributed by atoms with E-state index in [0.29, 0.717) is 17.8 Å². The summed E-state index contributed by atoms with van der Waals surface area (Å²) in [6.45, 7) is 5.28. The van der Waals surface area contributed by atoms with Crippen molar-refractivity contribution in [1.29, 1.82) is 0 Å². The molecule has 0 fully saturated rings. The van der Waals surface area contributed by atoms with E-state index in [9.17, 15) is 13.2 Å².